The number of hydrogen-bond donors (Lipinski definition) is 1. The van der Waals surface area contributed by atoms with Crippen LogP contribution in [0, 0.1) is 0 Å². The number of carbonyl (C=O) groups excluding carboxylic acids is 1. The molecule has 1 N–H and O–H groups in total. The number of amides is 1. The molecule has 1 unspecified atom stereocenters. The van der Waals surface area contributed by atoms with E-state index in [0.717, 1.165) is 54.8 Å². The number of carbonyl (C=O) groups is 1. The molecule has 0 bridgehead atoms. The summed E-state index contributed by atoms with van der Waals surface area (Å²) >= 11 is 1.68. The van der Waals surface area contributed by atoms with Crippen molar-refractivity contribution in [3.8, 4) is 5.75 Å². The van der Waals surface area contributed by atoms with Crippen LogP contribution in [0.4, 0.5) is 0 Å². The Balaban J connectivity index is 1.51. The van der Waals surface area contributed by atoms with Gasteiger partial charge in [0.05, 0.1) is 26.4 Å². The molecule has 0 saturated carbocycles. The number of ether oxygens (including phenoxy) is 2. The average Bonchev–Trinajstić information content (AvgIpc) is 2.75. The predicted molar refractivity (Wildman–Crippen MR) is 113 cm³/mol. The molecule has 0 spiro atoms. The molecule has 0 aliphatic carbocycles. The van der Waals surface area contributed by atoms with Gasteiger partial charge in [-0.3, -0.25) is 9.69 Å². The molecular formula is C22H28N2O3S. The number of methoxy groups -OCH3 is 1. The van der Waals surface area contributed by atoms with Gasteiger partial charge in [0.2, 0.25) is 5.91 Å². The number of nitrogens with one attached hydrogen (secondary N) is 1. The monoisotopic (exact) mass is 400 g/mol. The molecule has 2 aromatic carbocycles. The number of morpholine rings is 1. The molecule has 5 nitrogen and oxygen atoms in total. The van der Waals surface area contributed by atoms with Gasteiger partial charge in [-0.05, 0) is 29.8 Å². The maximum Gasteiger partial charge on any atom is 0.221 e. The Morgan fingerprint density at radius 3 is 2.54 bits per heavy atom. The minimum absolute atomic E-state index is 0.00205. The molecule has 0 radical (unpaired) electrons. The van der Waals surface area contributed by atoms with Crippen molar-refractivity contribution in [1.82, 2.24) is 10.2 Å². The van der Waals surface area contributed by atoms with E-state index in [1.165, 1.54) is 0 Å². The van der Waals surface area contributed by atoms with Crippen molar-refractivity contribution >= 4 is 17.7 Å². The van der Waals surface area contributed by atoms with E-state index in [-0.39, 0.29) is 11.9 Å². The van der Waals surface area contributed by atoms with Crippen molar-refractivity contribution in [2.45, 2.75) is 17.4 Å². The number of rotatable bonds is 9. The molecule has 150 valence electrons. The molecule has 1 heterocycles. The fourth-order valence-electron chi connectivity index (χ4n) is 3.16. The first-order valence-corrected chi connectivity index (χ1v) is 10.6. The summed E-state index contributed by atoms with van der Waals surface area (Å²) in [5.41, 5.74) is 1.14. The molecule has 1 atom stereocenters. The third-order valence-corrected chi connectivity index (χ3v) is 5.75. The van der Waals surface area contributed by atoms with Crippen molar-refractivity contribution in [1.29, 1.82) is 0 Å². The highest BCUT2D eigenvalue weighted by Gasteiger charge is 2.20. The van der Waals surface area contributed by atoms with Crippen LogP contribution in [0.1, 0.15) is 18.0 Å². The number of hydrogen-bond acceptors (Lipinski definition) is 5. The van der Waals surface area contributed by atoms with Crippen molar-refractivity contribution in [2.75, 3.05) is 45.7 Å². The maximum atomic E-state index is 12.6. The van der Waals surface area contributed by atoms with E-state index in [1.807, 2.05) is 42.5 Å². The summed E-state index contributed by atoms with van der Waals surface area (Å²) in [6.07, 6.45) is 0.489. The first kappa shape index (κ1) is 20.7. The maximum absolute atomic E-state index is 12.6. The third-order valence-electron chi connectivity index (χ3n) is 4.74. The lowest BCUT2D eigenvalue weighted by molar-refractivity contribution is -0.121. The van der Waals surface area contributed by atoms with E-state index >= 15 is 0 Å². The number of nitrogens with zero attached hydrogens (tertiary/aromatic N) is 1. The summed E-state index contributed by atoms with van der Waals surface area (Å²) in [7, 11) is 1.66. The Labute approximate surface area is 171 Å². The van der Waals surface area contributed by atoms with E-state index in [2.05, 4.69) is 22.3 Å². The van der Waals surface area contributed by atoms with Crippen LogP contribution >= 0.6 is 11.8 Å². The molecule has 2 aromatic rings. The Bertz CT molecular complexity index is 718. The highest BCUT2D eigenvalue weighted by atomic mass is 32.2. The van der Waals surface area contributed by atoms with Gasteiger partial charge < -0.3 is 14.8 Å². The molecular weight excluding hydrogens is 372 g/mol. The Morgan fingerprint density at radius 1 is 1.14 bits per heavy atom. The molecule has 1 aliphatic rings. The highest BCUT2D eigenvalue weighted by Crippen LogP contribution is 2.22. The molecule has 1 aliphatic heterocycles. The minimum Gasteiger partial charge on any atom is -0.497 e. The normalized spacial score (nSPS) is 15.8. The van der Waals surface area contributed by atoms with Crippen LogP contribution in [0.15, 0.2) is 59.5 Å². The second-order valence-electron chi connectivity index (χ2n) is 6.72. The SMILES string of the molecule is COc1ccc(SCCC(=O)NC(CN2CCOCC2)c2ccccc2)cc1. The lowest BCUT2D eigenvalue weighted by Crippen LogP contribution is -2.43. The summed E-state index contributed by atoms with van der Waals surface area (Å²) < 4.78 is 10.6. The zero-order chi connectivity index (χ0) is 19.6. The van der Waals surface area contributed by atoms with E-state index in [1.54, 1.807) is 18.9 Å². The van der Waals surface area contributed by atoms with E-state index in [4.69, 9.17) is 9.47 Å². The molecule has 1 amide bonds. The van der Waals surface area contributed by atoms with Crippen LogP contribution < -0.4 is 10.1 Å². The van der Waals surface area contributed by atoms with E-state index in [0.29, 0.717) is 6.42 Å². The quantitative estimate of drug-likeness (QED) is 0.654. The fraction of sp³-hybridized carbons (Fsp3) is 0.409. The second-order valence-corrected chi connectivity index (χ2v) is 7.89. The van der Waals surface area contributed by atoms with Crippen LogP contribution in [0.5, 0.6) is 5.75 Å². The topological polar surface area (TPSA) is 50.8 Å². The van der Waals surface area contributed by atoms with Crippen molar-refractivity contribution < 1.29 is 14.3 Å². The summed E-state index contributed by atoms with van der Waals surface area (Å²) in [5, 5.41) is 3.23. The highest BCUT2D eigenvalue weighted by molar-refractivity contribution is 7.99. The standard InChI is InChI=1S/C22H28N2O3S/c1-26-19-7-9-20(10-8-19)28-16-11-22(25)23-21(18-5-3-2-4-6-18)17-24-12-14-27-15-13-24/h2-10,21H,11-17H2,1H3,(H,23,25). The van der Waals surface area contributed by atoms with Gasteiger partial charge in [0.15, 0.2) is 0 Å². The average molecular weight is 401 g/mol. The van der Waals surface area contributed by atoms with Crippen molar-refractivity contribution in [3.05, 3.63) is 60.2 Å². The van der Waals surface area contributed by atoms with Gasteiger partial charge >= 0.3 is 0 Å². The molecule has 3 rings (SSSR count). The first-order valence-electron chi connectivity index (χ1n) is 9.66. The van der Waals surface area contributed by atoms with Crippen LogP contribution in [0.25, 0.3) is 0 Å². The van der Waals surface area contributed by atoms with Gasteiger partial charge in [-0.1, -0.05) is 30.3 Å². The van der Waals surface area contributed by atoms with Crippen LogP contribution in [0.2, 0.25) is 0 Å². The summed E-state index contributed by atoms with van der Waals surface area (Å²) in [6.45, 7) is 4.14. The van der Waals surface area contributed by atoms with Gasteiger partial charge in [0, 0.05) is 36.7 Å². The van der Waals surface area contributed by atoms with Crippen LogP contribution in [-0.4, -0.2) is 56.5 Å². The summed E-state index contributed by atoms with van der Waals surface area (Å²) in [4.78, 5) is 16.1. The first-order chi connectivity index (χ1) is 13.7. The Hall–Kier alpha value is -2.02. The molecule has 28 heavy (non-hydrogen) atoms. The van der Waals surface area contributed by atoms with Crippen molar-refractivity contribution in [2.24, 2.45) is 0 Å². The predicted octanol–water partition coefficient (Wildman–Crippen LogP) is 3.37. The lowest BCUT2D eigenvalue weighted by Gasteiger charge is -2.31. The third kappa shape index (κ3) is 6.55. The largest absolute Gasteiger partial charge is 0.497 e. The molecule has 1 fully saturated rings. The smallest absolute Gasteiger partial charge is 0.221 e. The van der Waals surface area contributed by atoms with Crippen molar-refractivity contribution in [3.63, 3.8) is 0 Å². The minimum atomic E-state index is -0.00205. The zero-order valence-corrected chi connectivity index (χ0v) is 17.1. The molecule has 0 aromatic heterocycles. The van der Waals surface area contributed by atoms with Crippen LogP contribution in [0.3, 0.4) is 0 Å². The van der Waals surface area contributed by atoms with Gasteiger partial charge in [-0.15, -0.1) is 11.8 Å². The summed E-state index contributed by atoms with van der Waals surface area (Å²) in [6, 6.07) is 18.1. The Morgan fingerprint density at radius 2 is 1.86 bits per heavy atom. The van der Waals surface area contributed by atoms with E-state index < -0.39 is 0 Å². The van der Waals surface area contributed by atoms with Crippen LogP contribution in [-0.2, 0) is 9.53 Å². The molecule has 6 heteroatoms. The molecule has 1 saturated heterocycles. The number of thioether (sulfide) groups is 1. The summed E-state index contributed by atoms with van der Waals surface area (Å²) in [5.74, 6) is 1.68. The van der Waals surface area contributed by atoms with Gasteiger partial charge in [-0.2, -0.15) is 0 Å². The van der Waals surface area contributed by atoms with Gasteiger partial charge in [-0.25, -0.2) is 0 Å². The lowest BCUT2D eigenvalue weighted by atomic mass is 10.1. The zero-order valence-electron chi connectivity index (χ0n) is 16.3. The van der Waals surface area contributed by atoms with E-state index in [9.17, 15) is 4.79 Å². The fourth-order valence-corrected chi connectivity index (χ4v) is 4.01. The van der Waals surface area contributed by atoms with Gasteiger partial charge in [0.25, 0.3) is 0 Å². The Kier molecular flexibility index (Phi) is 8.21. The van der Waals surface area contributed by atoms with Gasteiger partial charge in [0.1, 0.15) is 5.75 Å². The second kappa shape index (κ2) is 11.1. The number of benzene rings is 2.